The van der Waals surface area contributed by atoms with E-state index in [9.17, 15) is 4.79 Å². The molecule has 7 heteroatoms. The molecule has 2 rings (SSSR count). The summed E-state index contributed by atoms with van der Waals surface area (Å²) in [5.41, 5.74) is 1.10. The predicted molar refractivity (Wildman–Crippen MR) is 91.1 cm³/mol. The van der Waals surface area contributed by atoms with Crippen molar-refractivity contribution in [3.63, 3.8) is 0 Å². The minimum absolute atomic E-state index is 0.0130. The molecule has 0 saturated carbocycles. The highest BCUT2D eigenvalue weighted by Gasteiger charge is 2.11. The normalized spacial score (nSPS) is 12.4. The van der Waals surface area contributed by atoms with Gasteiger partial charge in [-0.15, -0.1) is 11.8 Å². The van der Waals surface area contributed by atoms with Gasteiger partial charge < -0.3 is 5.32 Å². The maximum absolute atomic E-state index is 11.9. The lowest BCUT2D eigenvalue weighted by atomic mass is 10.1. The number of carbonyl (C=O) groups excluding carboxylic acids is 1. The second kappa shape index (κ2) is 8.24. The lowest BCUT2D eigenvalue weighted by Gasteiger charge is -2.15. The first-order valence-electron chi connectivity index (χ1n) is 7.08. The Bertz CT molecular complexity index is 584. The molecule has 0 aliphatic heterocycles. The summed E-state index contributed by atoms with van der Waals surface area (Å²) < 4.78 is 0. The predicted octanol–water partition coefficient (Wildman–Crippen LogP) is 3.27. The fraction of sp³-hybridized carbons (Fsp3) is 0.400. The molecule has 0 bridgehead atoms. The molecule has 0 aliphatic carbocycles. The number of amides is 1. The van der Waals surface area contributed by atoms with Crippen molar-refractivity contribution >= 4 is 29.4 Å². The van der Waals surface area contributed by atoms with Crippen molar-refractivity contribution in [3.8, 4) is 0 Å². The molecule has 0 radical (unpaired) electrons. The Morgan fingerprint density at radius 3 is 2.59 bits per heavy atom. The molecular formula is C15H20N4OS2. The molecular weight excluding hydrogens is 316 g/mol. The van der Waals surface area contributed by atoms with Crippen LogP contribution in [0.25, 0.3) is 0 Å². The highest BCUT2D eigenvalue weighted by Crippen LogP contribution is 2.24. The Hall–Kier alpha value is -1.47. The minimum atomic E-state index is -0.0190. The van der Waals surface area contributed by atoms with Crippen LogP contribution in [0.2, 0.25) is 0 Å². The lowest BCUT2D eigenvalue weighted by molar-refractivity contribution is -0.119. The molecule has 0 unspecified atom stereocenters. The topological polar surface area (TPSA) is 70.7 Å². The Kier molecular flexibility index (Phi) is 6.33. The van der Waals surface area contributed by atoms with Crippen LogP contribution in [0, 0.1) is 0 Å². The summed E-state index contributed by atoms with van der Waals surface area (Å²) in [5, 5.41) is 10.7. The van der Waals surface area contributed by atoms with E-state index in [4.69, 9.17) is 0 Å². The SMILES string of the molecule is CC(C)Sc1ccc([C@@H](C)NC(=O)CSc2ncn[nH]2)cc1. The standard InChI is InChI=1S/C15H20N4OS2/c1-10(2)22-13-6-4-12(5-7-13)11(3)18-14(20)8-21-15-16-9-17-19-15/h4-7,9-11H,8H2,1-3H3,(H,18,20)(H,16,17,19)/t11-/m1/s1. The number of aromatic nitrogens is 3. The first-order chi connectivity index (χ1) is 10.5. The Morgan fingerprint density at radius 1 is 1.27 bits per heavy atom. The van der Waals surface area contributed by atoms with Crippen LogP contribution in [0.15, 0.2) is 40.6 Å². The van der Waals surface area contributed by atoms with E-state index in [-0.39, 0.29) is 11.9 Å². The number of H-pyrrole nitrogens is 1. The highest BCUT2D eigenvalue weighted by atomic mass is 32.2. The quantitative estimate of drug-likeness (QED) is 0.759. The van der Waals surface area contributed by atoms with Crippen LogP contribution in [0.4, 0.5) is 0 Å². The summed E-state index contributed by atoms with van der Waals surface area (Å²) in [6.45, 7) is 6.34. The zero-order valence-corrected chi connectivity index (χ0v) is 14.5. The summed E-state index contributed by atoms with van der Waals surface area (Å²) in [5.74, 6) is 0.301. The van der Waals surface area contributed by atoms with E-state index >= 15 is 0 Å². The van der Waals surface area contributed by atoms with Crippen LogP contribution in [0.3, 0.4) is 0 Å². The van der Waals surface area contributed by atoms with Gasteiger partial charge in [0.25, 0.3) is 0 Å². The van der Waals surface area contributed by atoms with Gasteiger partial charge in [0, 0.05) is 10.1 Å². The van der Waals surface area contributed by atoms with Gasteiger partial charge in [0.1, 0.15) is 6.33 Å². The van der Waals surface area contributed by atoms with Crippen molar-refractivity contribution in [2.24, 2.45) is 0 Å². The minimum Gasteiger partial charge on any atom is -0.349 e. The maximum atomic E-state index is 11.9. The van der Waals surface area contributed by atoms with E-state index < -0.39 is 0 Å². The third-order valence-corrected chi connectivity index (χ3v) is 4.75. The Labute approximate surface area is 139 Å². The molecule has 1 amide bonds. The largest absolute Gasteiger partial charge is 0.349 e. The number of rotatable bonds is 7. The average molecular weight is 336 g/mol. The van der Waals surface area contributed by atoms with Crippen LogP contribution in [-0.2, 0) is 4.79 Å². The van der Waals surface area contributed by atoms with Gasteiger partial charge in [-0.1, -0.05) is 37.7 Å². The van der Waals surface area contributed by atoms with Crippen LogP contribution in [-0.4, -0.2) is 32.1 Å². The number of nitrogens with zero attached hydrogens (tertiary/aromatic N) is 2. The van der Waals surface area contributed by atoms with Crippen molar-refractivity contribution in [1.82, 2.24) is 20.5 Å². The highest BCUT2D eigenvalue weighted by molar-refractivity contribution is 8.00. The third-order valence-electron chi connectivity index (χ3n) is 2.86. The smallest absolute Gasteiger partial charge is 0.230 e. The molecule has 2 aromatic rings. The van der Waals surface area contributed by atoms with E-state index in [1.807, 2.05) is 18.7 Å². The van der Waals surface area contributed by atoms with Gasteiger partial charge >= 0.3 is 0 Å². The first kappa shape index (κ1) is 16.9. The summed E-state index contributed by atoms with van der Waals surface area (Å²) in [4.78, 5) is 17.2. The number of benzene rings is 1. The van der Waals surface area contributed by atoms with Crippen molar-refractivity contribution in [2.45, 2.75) is 42.1 Å². The molecule has 0 spiro atoms. The molecule has 1 aromatic heterocycles. The molecule has 118 valence electrons. The van der Waals surface area contributed by atoms with E-state index in [0.717, 1.165) is 5.56 Å². The number of carbonyl (C=O) groups is 1. The van der Waals surface area contributed by atoms with Crippen molar-refractivity contribution in [2.75, 3.05) is 5.75 Å². The lowest BCUT2D eigenvalue weighted by Crippen LogP contribution is -2.28. The van der Waals surface area contributed by atoms with Crippen LogP contribution in [0.1, 0.15) is 32.4 Å². The van der Waals surface area contributed by atoms with Gasteiger partial charge in [-0.3, -0.25) is 9.89 Å². The fourth-order valence-electron chi connectivity index (χ4n) is 1.87. The Morgan fingerprint density at radius 2 is 2.00 bits per heavy atom. The van der Waals surface area contributed by atoms with E-state index in [2.05, 4.69) is 58.6 Å². The summed E-state index contributed by atoms with van der Waals surface area (Å²) in [7, 11) is 0. The molecule has 5 nitrogen and oxygen atoms in total. The molecule has 0 saturated heterocycles. The molecule has 1 atom stereocenters. The molecule has 1 aromatic carbocycles. The van der Waals surface area contributed by atoms with Gasteiger partial charge in [-0.05, 0) is 24.6 Å². The van der Waals surface area contributed by atoms with Crippen LogP contribution < -0.4 is 5.32 Å². The molecule has 1 heterocycles. The molecule has 22 heavy (non-hydrogen) atoms. The van der Waals surface area contributed by atoms with E-state index in [0.29, 0.717) is 16.2 Å². The maximum Gasteiger partial charge on any atom is 0.230 e. The zero-order valence-electron chi connectivity index (χ0n) is 12.9. The molecule has 2 N–H and O–H groups in total. The fourth-order valence-corrected chi connectivity index (χ4v) is 3.30. The van der Waals surface area contributed by atoms with Gasteiger partial charge in [-0.2, -0.15) is 5.10 Å². The molecule has 0 aliphatic rings. The Balaban J connectivity index is 1.83. The zero-order chi connectivity index (χ0) is 15.9. The monoisotopic (exact) mass is 336 g/mol. The molecule has 0 fully saturated rings. The van der Waals surface area contributed by atoms with Gasteiger partial charge in [0.05, 0.1) is 11.8 Å². The third kappa shape index (κ3) is 5.38. The van der Waals surface area contributed by atoms with Gasteiger partial charge in [0.15, 0.2) is 5.16 Å². The number of thioether (sulfide) groups is 2. The average Bonchev–Trinajstić information content (AvgIpc) is 2.98. The second-order valence-electron chi connectivity index (χ2n) is 5.10. The number of nitrogens with one attached hydrogen (secondary N) is 2. The van der Waals surface area contributed by atoms with Crippen molar-refractivity contribution in [3.05, 3.63) is 36.2 Å². The second-order valence-corrected chi connectivity index (χ2v) is 7.72. The number of hydrogen-bond donors (Lipinski definition) is 2. The number of hydrogen-bond acceptors (Lipinski definition) is 5. The van der Waals surface area contributed by atoms with Gasteiger partial charge in [0.2, 0.25) is 5.91 Å². The summed E-state index contributed by atoms with van der Waals surface area (Å²) in [6.07, 6.45) is 1.43. The number of aromatic amines is 1. The van der Waals surface area contributed by atoms with E-state index in [1.54, 1.807) is 0 Å². The van der Waals surface area contributed by atoms with Crippen LogP contribution in [0.5, 0.6) is 0 Å². The van der Waals surface area contributed by atoms with E-state index in [1.165, 1.54) is 23.0 Å². The van der Waals surface area contributed by atoms with Crippen molar-refractivity contribution in [1.29, 1.82) is 0 Å². The first-order valence-corrected chi connectivity index (χ1v) is 8.95. The van der Waals surface area contributed by atoms with Crippen molar-refractivity contribution < 1.29 is 4.79 Å². The van der Waals surface area contributed by atoms with Gasteiger partial charge in [-0.25, -0.2) is 4.98 Å². The van der Waals surface area contributed by atoms with Crippen LogP contribution >= 0.6 is 23.5 Å². The summed E-state index contributed by atoms with van der Waals surface area (Å²) in [6, 6.07) is 8.33. The summed E-state index contributed by atoms with van der Waals surface area (Å²) >= 11 is 3.17.